The molecule has 0 saturated heterocycles. The lowest BCUT2D eigenvalue weighted by Crippen LogP contribution is -2.10. The van der Waals surface area contributed by atoms with Crippen LogP contribution in [0.1, 0.15) is 19.0 Å². The molecule has 0 saturated carbocycles. The van der Waals surface area contributed by atoms with E-state index in [0.29, 0.717) is 19.1 Å². The van der Waals surface area contributed by atoms with Crippen LogP contribution in [-0.2, 0) is 6.54 Å². The summed E-state index contributed by atoms with van der Waals surface area (Å²) >= 11 is 1.10. The monoisotopic (exact) mass is 282 g/mol. The minimum Gasteiger partial charge on any atom is -0.463 e. The molecule has 4 N–H and O–H groups in total. The van der Waals surface area contributed by atoms with E-state index < -0.39 is 0 Å². The molecule has 2 rings (SSSR count). The summed E-state index contributed by atoms with van der Waals surface area (Å²) in [5.41, 5.74) is 6.32. The van der Waals surface area contributed by atoms with E-state index in [1.165, 1.54) is 0 Å². The highest BCUT2D eigenvalue weighted by molar-refractivity contribution is 7.07. The van der Waals surface area contributed by atoms with Crippen molar-refractivity contribution in [3.05, 3.63) is 20.7 Å². The molecule has 0 atom stereocenters. The largest absolute Gasteiger partial charge is 0.463 e. The van der Waals surface area contributed by atoms with Crippen molar-refractivity contribution < 1.29 is 4.74 Å². The van der Waals surface area contributed by atoms with Crippen LogP contribution in [0, 0.1) is 0 Å². The Labute approximate surface area is 113 Å². The van der Waals surface area contributed by atoms with Crippen LogP contribution in [0.4, 0.5) is 11.9 Å². The van der Waals surface area contributed by atoms with Crippen molar-refractivity contribution in [2.75, 3.05) is 17.7 Å². The van der Waals surface area contributed by atoms with Crippen molar-refractivity contribution in [3.8, 4) is 6.01 Å². The second-order valence-corrected chi connectivity index (χ2v) is 4.52. The molecule has 0 aromatic carbocycles. The zero-order valence-electron chi connectivity index (χ0n) is 10.3. The molecule has 2 aromatic rings. The van der Waals surface area contributed by atoms with Crippen LogP contribution in [0.25, 0.3) is 0 Å². The van der Waals surface area contributed by atoms with Gasteiger partial charge in [-0.25, -0.2) is 0 Å². The first-order valence-electron chi connectivity index (χ1n) is 5.72. The molecule has 2 heterocycles. The van der Waals surface area contributed by atoms with Gasteiger partial charge >= 0.3 is 10.9 Å². The zero-order chi connectivity index (χ0) is 13.7. The third kappa shape index (κ3) is 3.91. The van der Waals surface area contributed by atoms with Gasteiger partial charge in [-0.05, 0) is 6.42 Å². The number of aromatic amines is 1. The number of hydrogen-bond acceptors (Lipinski definition) is 8. The van der Waals surface area contributed by atoms with E-state index >= 15 is 0 Å². The number of ether oxygens (including phenoxy) is 1. The van der Waals surface area contributed by atoms with Crippen molar-refractivity contribution in [3.63, 3.8) is 0 Å². The van der Waals surface area contributed by atoms with Crippen LogP contribution in [0.3, 0.4) is 0 Å². The lowest BCUT2D eigenvalue weighted by Gasteiger charge is -2.06. The van der Waals surface area contributed by atoms with E-state index in [-0.39, 0.29) is 16.8 Å². The van der Waals surface area contributed by atoms with Crippen LogP contribution >= 0.6 is 11.3 Å². The SMILES string of the molecule is CCCOc1nc(N)nc(NCc2csc(=O)[nH]2)n1. The molecule has 0 aliphatic rings. The molecule has 0 unspecified atom stereocenters. The predicted molar refractivity (Wildman–Crippen MR) is 72.3 cm³/mol. The number of aromatic nitrogens is 4. The Bertz CT molecular complexity index is 596. The average molecular weight is 282 g/mol. The van der Waals surface area contributed by atoms with E-state index in [1.807, 2.05) is 6.92 Å². The molecule has 0 amide bonds. The lowest BCUT2D eigenvalue weighted by atomic mass is 10.5. The van der Waals surface area contributed by atoms with Crippen molar-refractivity contribution in [2.24, 2.45) is 0 Å². The Morgan fingerprint density at radius 3 is 3.00 bits per heavy atom. The quantitative estimate of drug-likeness (QED) is 0.710. The molecule has 9 heteroatoms. The van der Waals surface area contributed by atoms with E-state index in [4.69, 9.17) is 10.5 Å². The summed E-state index contributed by atoms with van der Waals surface area (Å²) in [5, 5.41) is 4.68. The minimum absolute atomic E-state index is 0.0856. The van der Waals surface area contributed by atoms with Gasteiger partial charge in [0.15, 0.2) is 0 Å². The fraction of sp³-hybridized carbons (Fsp3) is 0.400. The van der Waals surface area contributed by atoms with E-state index in [1.54, 1.807) is 5.38 Å². The molecule has 2 aromatic heterocycles. The Morgan fingerprint density at radius 1 is 1.47 bits per heavy atom. The van der Waals surface area contributed by atoms with Crippen molar-refractivity contribution in [1.82, 2.24) is 19.9 Å². The number of nitrogens with zero attached hydrogens (tertiary/aromatic N) is 3. The summed E-state index contributed by atoms with van der Waals surface area (Å²) in [6.45, 7) is 2.90. The van der Waals surface area contributed by atoms with Gasteiger partial charge in [0.2, 0.25) is 11.9 Å². The average Bonchev–Trinajstić information content (AvgIpc) is 2.79. The first-order valence-corrected chi connectivity index (χ1v) is 6.60. The number of nitrogens with two attached hydrogens (primary N) is 1. The van der Waals surface area contributed by atoms with Crippen molar-refractivity contribution in [1.29, 1.82) is 0 Å². The number of H-pyrrole nitrogens is 1. The van der Waals surface area contributed by atoms with E-state index in [0.717, 1.165) is 23.5 Å². The standard InChI is InChI=1S/C10H14N6O2S/c1-2-3-18-9-15-7(11)14-8(16-9)12-4-6-5-19-10(17)13-6/h5H,2-4H2,1H3,(H,13,17)(H3,11,12,14,15,16). The van der Waals surface area contributed by atoms with Crippen molar-refractivity contribution in [2.45, 2.75) is 19.9 Å². The topological polar surface area (TPSA) is 119 Å². The lowest BCUT2D eigenvalue weighted by molar-refractivity contribution is 0.292. The maximum atomic E-state index is 11.0. The smallest absolute Gasteiger partial charge is 0.323 e. The molecule has 0 fully saturated rings. The fourth-order valence-corrected chi connectivity index (χ4v) is 1.87. The molecular formula is C10H14N6O2S. The molecule has 0 radical (unpaired) electrons. The molecule has 0 bridgehead atoms. The van der Waals surface area contributed by atoms with Crippen LogP contribution < -0.4 is 20.7 Å². The van der Waals surface area contributed by atoms with Gasteiger partial charge in [-0.15, -0.1) is 0 Å². The molecule has 0 aliphatic heterocycles. The highest BCUT2D eigenvalue weighted by Gasteiger charge is 2.05. The highest BCUT2D eigenvalue weighted by Crippen LogP contribution is 2.10. The summed E-state index contributed by atoms with van der Waals surface area (Å²) < 4.78 is 5.29. The number of nitrogens with one attached hydrogen (secondary N) is 2. The molecule has 8 nitrogen and oxygen atoms in total. The van der Waals surface area contributed by atoms with Crippen molar-refractivity contribution >= 4 is 23.2 Å². The number of rotatable bonds is 6. The van der Waals surface area contributed by atoms with Gasteiger partial charge in [0.05, 0.1) is 13.2 Å². The van der Waals surface area contributed by atoms with Crippen LogP contribution in [0.2, 0.25) is 0 Å². The number of nitrogen functional groups attached to an aromatic ring is 1. The Balaban J connectivity index is 2.02. The number of anilines is 2. The molecule has 0 spiro atoms. The highest BCUT2D eigenvalue weighted by atomic mass is 32.1. The van der Waals surface area contributed by atoms with Crippen LogP contribution in [-0.4, -0.2) is 26.5 Å². The number of thiazole rings is 1. The van der Waals surface area contributed by atoms with Gasteiger partial charge in [0.1, 0.15) is 0 Å². The third-order valence-electron chi connectivity index (χ3n) is 2.08. The summed E-state index contributed by atoms with van der Waals surface area (Å²) in [5.74, 6) is 0.396. The van der Waals surface area contributed by atoms with Gasteiger partial charge in [-0.2, -0.15) is 15.0 Å². The van der Waals surface area contributed by atoms with Crippen LogP contribution in [0.15, 0.2) is 10.2 Å². The Kier molecular flexibility index (Phi) is 4.29. The second kappa shape index (κ2) is 6.14. The first-order chi connectivity index (χ1) is 9.17. The van der Waals surface area contributed by atoms with Gasteiger partial charge in [0, 0.05) is 11.1 Å². The summed E-state index contributed by atoms with van der Waals surface area (Å²) in [7, 11) is 0. The molecule has 19 heavy (non-hydrogen) atoms. The maximum absolute atomic E-state index is 11.0. The van der Waals surface area contributed by atoms with E-state index in [9.17, 15) is 4.79 Å². The summed E-state index contributed by atoms with van der Waals surface area (Å²) in [6.07, 6.45) is 0.852. The predicted octanol–water partition coefficient (Wildman–Crippen LogP) is 0.604. The molecule has 0 aliphatic carbocycles. The molecular weight excluding hydrogens is 268 g/mol. The first kappa shape index (κ1) is 13.3. The Hall–Kier alpha value is -2.16. The van der Waals surface area contributed by atoms with Gasteiger partial charge in [-0.3, -0.25) is 4.79 Å². The summed E-state index contributed by atoms with van der Waals surface area (Å²) in [4.78, 5) is 25.4. The van der Waals surface area contributed by atoms with Crippen LogP contribution in [0.5, 0.6) is 6.01 Å². The minimum atomic E-state index is -0.0982. The zero-order valence-corrected chi connectivity index (χ0v) is 11.2. The van der Waals surface area contributed by atoms with Gasteiger partial charge < -0.3 is 20.8 Å². The third-order valence-corrected chi connectivity index (χ3v) is 2.79. The fourth-order valence-electron chi connectivity index (χ4n) is 1.28. The second-order valence-electron chi connectivity index (χ2n) is 3.68. The van der Waals surface area contributed by atoms with Gasteiger partial charge in [0.25, 0.3) is 0 Å². The number of hydrogen-bond donors (Lipinski definition) is 3. The normalized spacial score (nSPS) is 10.4. The molecule has 102 valence electrons. The Morgan fingerprint density at radius 2 is 2.32 bits per heavy atom. The summed E-state index contributed by atoms with van der Waals surface area (Å²) in [6, 6.07) is 0.190. The maximum Gasteiger partial charge on any atom is 0.323 e. The van der Waals surface area contributed by atoms with E-state index in [2.05, 4.69) is 25.3 Å². The van der Waals surface area contributed by atoms with Gasteiger partial charge in [-0.1, -0.05) is 18.3 Å².